The molecule has 0 heterocycles. The van der Waals surface area contributed by atoms with Gasteiger partial charge in [-0.25, -0.2) is 0 Å². The van der Waals surface area contributed by atoms with Crippen LogP contribution in [0.15, 0.2) is 18.2 Å². The fourth-order valence-electron chi connectivity index (χ4n) is 1.70. The van der Waals surface area contributed by atoms with E-state index >= 15 is 0 Å². The number of aryl methyl sites for hydroxylation is 1. The number of hydrogen-bond acceptors (Lipinski definition) is 2. The van der Waals surface area contributed by atoms with Crippen LogP contribution < -0.4 is 10.2 Å². The summed E-state index contributed by atoms with van der Waals surface area (Å²) in [4.78, 5) is 13.3. The first-order chi connectivity index (χ1) is 8.08. The lowest BCUT2D eigenvalue weighted by molar-refractivity contribution is -0.114. The molecule has 1 amide bonds. The van der Waals surface area contributed by atoms with E-state index in [-0.39, 0.29) is 5.91 Å². The first kappa shape index (κ1) is 13.8. The zero-order valence-electron chi connectivity index (χ0n) is 10.6. The van der Waals surface area contributed by atoms with Crippen molar-refractivity contribution in [3.8, 4) is 0 Å². The summed E-state index contributed by atoms with van der Waals surface area (Å²) in [6, 6.07) is 6.06. The van der Waals surface area contributed by atoms with Gasteiger partial charge >= 0.3 is 0 Å². The molecule has 1 aromatic rings. The number of anilines is 2. The van der Waals surface area contributed by atoms with Crippen LogP contribution in [0.2, 0.25) is 0 Å². The summed E-state index contributed by atoms with van der Waals surface area (Å²) in [5.74, 6) is 0.544. The van der Waals surface area contributed by atoms with Crippen molar-refractivity contribution in [2.24, 2.45) is 0 Å². The summed E-state index contributed by atoms with van der Waals surface area (Å²) >= 11 is 5.77. The first-order valence-corrected chi connectivity index (χ1v) is 6.31. The SMILES string of the molecule is CCN(CCCl)c1ccc(C)c(NC(C)=O)c1. The minimum atomic E-state index is -0.0503. The number of hydrogen-bond donors (Lipinski definition) is 1. The van der Waals surface area contributed by atoms with Gasteiger partial charge in [0.25, 0.3) is 0 Å². The van der Waals surface area contributed by atoms with Gasteiger partial charge in [-0.3, -0.25) is 4.79 Å². The molecule has 0 aliphatic carbocycles. The van der Waals surface area contributed by atoms with Crippen LogP contribution in [-0.2, 0) is 4.79 Å². The first-order valence-electron chi connectivity index (χ1n) is 5.77. The molecule has 0 aromatic heterocycles. The highest BCUT2D eigenvalue weighted by Crippen LogP contribution is 2.23. The molecule has 1 rings (SSSR count). The fourth-order valence-corrected chi connectivity index (χ4v) is 1.91. The van der Waals surface area contributed by atoms with E-state index in [9.17, 15) is 4.79 Å². The molecule has 0 atom stereocenters. The molecule has 0 aliphatic heterocycles. The molecular formula is C13H19ClN2O. The minimum Gasteiger partial charge on any atom is -0.371 e. The van der Waals surface area contributed by atoms with Crippen LogP contribution in [0.5, 0.6) is 0 Å². The van der Waals surface area contributed by atoms with Crippen LogP contribution in [0, 0.1) is 6.92 Å². The van der Waals surface area contributed by atoms with Gasteiger partial charge in [0.05, 0.1) is 0 Å². The highest BCUT2D eigenvalue weighted by atomic mass is 35.5. The van der Waals surface area contributed by atoms with Crippen molar-refractivity contribution < 1.29 is 4.79 Å². The van der Waals surface area contributed by atoms with E-state index in [4.69, 9.17) is 11.6 Å². The number of carbonyl (C=O) groups excluding carboxylic acids is 1. The maximum atomic E-state index is 11.1. The number of amides is 1. The Balaban J connectivity index is 2.97. The zero-order chi connectivity index (χ0) is 12.8. The van der Waals surface area contributed by atoms with Crippen molar-refractivity contribution >= 4 is 28.9 Å². The van der Waals surface area contributed by atoms with Gasteiger partial charge in [-0.05, 0) is 31.5 Å². The van der Waals surface area contributed by atoms with Gasteiger partial charge in [-0.2, -0.15) is 0 Å². The highest BCUT2D eigenvalue weighted by Gasteiger charge is 2.07. The number of nitrogens with one attached hydrogen (secondary N) is 1. The highest BCUT2D eigenvalue weighted by molar-refractivity contribution is 6.18. The van der Waals surface area contributed by atoms with E-state index in [1.54, 1.807) is 0 Å². The Morgan fingerprint density at radius 3 is 2.71 bits per heavy atom. The van der Waals surface area contributed by atoms with E-state index in [1.807, 2.05) is 19.1 Å². The molecule has 0 unspecified atom stereocenters. The van der Waals surface area contributed by atoms with Crippen molar-refractivity contribution in [2.45, 2.75) is 20.8 Å². The Hall–Kier alpha value is -1.22. The van der Waals surface area contributed by atoms with Gasteiger partial charge in [-0.1, -0.05) is 6.07 Å². The molecule has 0 aliphatic rings. The molecule has 4 heteroatoms. The summed E-state index contributed by atoms with van der Waals surface area (Å²) in [5.41, 5.74) is 3.01. The standard InChI is InChI=1S/C13H19ClN2O/c1-4-16(8-7-14)12-6-5-10(2)13(9-12)15-11(3)17/h5-6,9H,4,7-8H2,1-3H3,(H,15,17). The molecule has 94 valence electrons. The predicted molar refractivity (Wildman–Crippen MR) is 74.1 cm³/mol. The molecule has 3 nitrogen and oxygen atoms in total. The second-order valence-corrected chi connectivity index (χ2v) is 4.33. The quantitative estimate of drug-likeness (QED) is 0.820. The van der Waals surface area contributed by atoms with Crippen molar-refractivity contribution in [3.63, 3.8) is 0 Å². The molecule has 0 spiro atoms. The Bertz CT molecular complexity index is 393. The Labute approximate surface area is 108 Å². The molecule has 1 N–H and O–H groups in total. The van der Waals surface area contributed by atoms with Crippen LogP contribution in [0.4, 0.5) is 11.4 Å². The molecule has 0 fully saturated rings. The zero-order valence-corrected chi connectivity index (χ0v) is 11.3. The topological polar surface area (TPSA) is 32.3 Å². The number of nitrogens with zero attached hydrogens (tertiary/aromatic N) is 1. The van der Waals surface area contributed by atoms with Crippen molar-refractivity contribution in [1.82, 2.24) is 0 Å². The maximum absolute atomic E-state index is 11.1. The number of benzene rings is 1. The lowest BCUT2D eigenvalue weighted by atomic mass is 10.1. The van der Waals surface area contributed by atoms with Gasteiger partial charge in [0.2, 0.25) is 5.91 Å². The summed E-state index contributed by atoms with van der Waals surface area (Å²) in [7, 11) is 0. The van der Waals surface area contributed by atoms with E-state index < -0.39 is 0 Å². The Kier molecular flexibility index (Phi) is 5.29. The summed E-state index contributed by atoms with van der Waals surface area (Å²) in [6.45, 7) is 7.29. The van der Waals surface area contributed by atoms with Crippen LogP contribution in [0.25, 0.3) is 0 Å². The van der Waals surface area contributed by atoms with Crippen LogP contribution in [0.1, 0.15) is 19.4 Å². The van der Waals surface area contributed by atoms with Crippen molar-refractivity contribution in [1.29, 1.82) is 0 Å². The third kappa shape index (κ3) is 3.93. The molecule has 0 saturated carbocycles. The number of halogens is 1. The molecule has 0 saturated heterocycles. The van der Waals surface area contributed by atoms with Gasteiger partial charge in [0, 0.05) is 37.3 Å². The fraction of sp³-hybridized carbons (Fsp3) is 0.462. The molecule has 1 aromatic carbocycles. The average Bonchev–Trinajstić information content (AvgIpc) is 2.28. The van der Waals surface area contributed by atoms with Gasteiger partial charge in [-0.15, -0.1) is 11.6 Å². The Morgan fingerprint density at radius 1 is 1.47 bits per heavy atom. The minimum absolute atomic E-state index is 0.0503. The third-order valence-electron chi connectivity index (χ3n) is 2.63. The summed E-state index contributed by atoms with van der Waals surface area (Å²) in [6.07, 6.45) is 0. The summed E-state index contributed by atoms with van der Waals surface area (Å²) in [5, 5.41) is 2.84. The second-order valence-electron chi connectivity index (χ2n) is 3.95. The molecule has 17 heavy (non-hydrogen) atoms. The number of carbonyl (C=O) groups is 1. The lowest BCUT2D eigenvalue weighted by Gasteiger charge is -2.23. The van der Waals surface area contributed by atoms with Crippen LogP contribution in [0.3, 0.4) is 0 Å². The monoisotopic (exact) mass is 254 g/mol. The van der Waals surface area contributed by atoms with Crippen molar-refractivity contribution in [2.75, 3.05) is 29.2 Å². The number of alkyl halides is 1. The molecule has 0 bridgehead atoms. The van der Waals surface area contributed by atoms with Gasteiger partial charge < -0.3 is 10.2 Å². The van der Waals surface area contributed by atoms with Crippen LogP contribution >= 0.6 is 11.6 Å². The van der Waals surface area contributed by atoms with E-state index in [0.717, 1.165) is 30.0 Å². The number of rotatable bonds is 5. The lowest BCUT2D eigenvalue weighted by Crippen LogP contribution is -2.25. The van der Waals surface area contributed by atoms with E-state index in [2.05, 4.69) is 23.2 Å². The molecule has 0 radical (unpaired) electrons. The maximum Gasteiger partial charge on any atom is 0.221 e. The normalized spacial score (nSPS) is 10.1. The van der Waals surface area contributed by atoms with Crippen LogP contribution in [-0.4, -0.2) is 24.9 Å². The van der Waals surface area contributed by atoms with Gasteiger partial charge in [0.1, 0.15) is 0 Å². The smallest absolute Gasteiger partial charge is 0.221 e. The average molecular weight is 255 g/mol. The second kappa shape index (κ2) is 6.50. The predicted octanol–water partition coefficient (Wildman–Crippen LogP) is 3.02. The van der Waals surface area contributed by atoms with Gasteiger partial charge in [0.15, 0.2) is 0 Å². The molecular weight excluding hydrogens is 236 g/mol. The van der Waals surface area contributed by atoms with Crippen molar-refractivity contribution in [3.05, 3.63) is 23.8 Å². The third-order valence-corrected chi connectivity index (χ3v) is 2.80. The Morgan fingerprint density at radius 2 is 2.18 bits per heavy atom. The van der Waals surface area contributed by atoms with E-state index in [0.29, 0.717) is 5.88 Å². The summed E-state index contributed by atoms with van der Waals surface area (Å²) < 4.78 is 0. The largest absolute Gasteiger partial charge is 0.371 e. The van der Waals surface area contributed by atoms with E-state index in [1.165, 1.54) is 6.92 Å².